The molecule has 1 aromatic rings. The highest BCUT2D eigenvalue weighted by molar-refractivity contribution is 4.99. The van der Waals surface area contributed by atoms with Crippen LogP contribution in [0.5, 0.6) is 0 Å². The van der Waals surface area contributed by atoms with Crippen LogP contribution in [0.1, 0.15) is 57.1 Å². The molecule has 2 rings (SSSR count). The van der Waals surface area contributed by atoms with E-state index in [1.807, 2.05) is 13.1 Å². The van der Waals surface area contributed by atoms with Crippen molar-refractivity contribution in [2.45, 2.75) is 52.4 Å². The second-order valence-corrected chi connectivity index (χ2v) is 5.16. The van der Waals surface area contributed by atoms with E-state index in [-0.39, 0.29) is 0 Å². The van der Waals surface area contributed by atoms with E-state index in [0.29, 0.717) is 5.92 Å². The van der Waals surface area contributed by atoms with Crippen LogP contribution in [0.25, 0.3) is 0 Å². The number of rotatable bonds is 2. The first-order valence-electron chi connectivity index (χ1n) is 6.09. The first kappa shape index (κ1) is 10.7. The van der Waals surface area contributed by atoms with Crippen LogP contribution in [0.4, 0.5) is 0 Å². The van der Waals surface area contributed by atoms with Crippen molar-refractivity contribution in [3.8, 4) is 0 Å². The fourth-order valence-corrected chi connectivity index (χ4v) is 2.59. The van der Waals surface area contributed by atoms with Gasteiger partial charge in [0.2, 0.25) is 0 Å². The van der Waals surface area contributed by atoms with Crippen LogP contribution in [-0.4, -0.2) is 4.98 Å². The summed E-state index contributed by atoms with van der Waals surface area (Å²) in [5, 5.41) is 0. The van der Waals surface area contributed by atoms with E-state index in [2.05, 4.69) is 18.8 Å². The molecule has 1 aromatic heterocycles. The van der Waals surface area contributed by atoms with Crippen LogP contribution in [0.15, 0.2) is 10.6 Å². The molecule has 0 spiro atoms. The van der Waals surface area contributed by atoms with E-state index in [0.717, 1.165) is 23.5 Å². The second-order valence-electron chi connectivity index (χ2n) is 5.16. The van der Waals surface area contributed by atoms with Gasteiger partial charge in [0.05, 0.1) is 6.20 Å². The Kier molecular flexibility index (Phi) is 3.13. The normalized spacial score (nSPS) is 27.2. The Morgan fingerprint density at radius 1 is 1.27 bits per heavy atom. The zero-order valence-corrected chi connectivity index (χ0v) is 9.99. The van der Waals surface area contributed by atoms with Gasteiger partial charge in [-0.2, -0.15) is 0 Å². The summed E-state index contributed by atoms with van der Waals surface area (Å²) in [4.78, 5) is 4.34. The molecule has 0 amide bonds. The average molecular weight is 207 g/mol. The van der Waals surface area contributed by atoms with Gasteiger partial charge in [0.15, 0.2) is 5.89 Å². The molecule has 1 fully saturated rings. The maximum atomic E-state index is 5.61. The van der Waals surface area contributed by atoms with E-state index in [4.69, 9.17) is 4.42 Å². The molecule has 1 aliphatic rings. The molecule has 0 unspecified atom stereocenters. The number of aryl methyl sites for hydroxylation is 1. The molecule has 84 valence electrons. The molecular formula is C13H21NO. The van der Waals surface area contributed by atoms with Crippen molar-refractivity contribution in [3.05, 3.63) is 17.8 Å². The van der Waals surface area contributed by atoms with Gasteiger partial charge in [-0.25, -0.2) is 4.98 Å². The Labute approximate surface area is 92.1 Å². The lowest BCUT2D eigenvalue weighted by Gasteiger charge is -2.29. The van der Waals surface area contributed by atoms with Crippen molar-refractivity contribution in [2.24, 2.45) is 11.8 Å². The summed E-state index contributed by atoms with van der Waals surface area (Å²) in [5.41, 5.74) is 0. The van der Waals surface area contributed by atoms with Crippen LogP contribution in [0.2, 0.25) is 0 Å². The lowest BCUT2D eigenvalue weighted by Crippen LogP contribution is -2.17. The molecule has 15 heavy (non-hydrogen) atoms. The standard InChI is InChI=1S/C13H21NO/c1-9(2)11-4-6-12(7-5-11)13-14-8-10(3)15-13/h8-9,11-12H,4-7H2,1-3H3. The third-order valence-electron chi connectivity index (χ3n) is 3.70. The summed E-state index contributed by atoms with van der Waals surface area (Å²) >= 11 is 0. The molecule has 2 heteroatoms. The quantitative estimate of drug-likeness (QED) is 0.734. The van der Waals surface area contributed by atoms with Gasteiger partial charge in [0, 0.05) is 5.92 Å². The van der Waals surface area contributed by atoms with Crippen LogP contribution in [0.3, 0.4) is 0 Å². The summed E-state index contributed by atoms with van der Waals surface area (Å²) in [6.45, 7) is 6.64. The predicted molar refractivity (Wildman–Crippen MR) is 60.8 cm³/mol. The van der Waals surface area contributed by atoms with Gasteiger partial charge in [-0.15, -0.1) is 0 Å². The van der Waals surface area contributed by atoms with E-state index in [9.17, 15) is 0 Å². The first-order valence-corrected chi connectivity index (χ1v) is 6.09. The number of nitrogens with zero attached hydrogens (tertiary/aromatic N) is 1. The molecule has 0 bridgehead atoms. The number of oxazole rings is 1. The fraction of sp³-hybridized carbons (Fsp3) is 0.769. The third-order valence-corrected chi connectivity index (χ3v) is 3.70. The van der Waals surface area contributed by atoms with Gasteiger partial charge in [-0.1, -0.05) is 13.8 Å². The SMILES string of the molecule is Cc1cnc(C2CCC(C(C)C)CC2)o1. The Morgan fingerprint density at radius 2 is 1.93 bits per heavy atom. The molecule has 1 saturated carbocycles. The largest absolute Gasteiger partial charge is 0.446 e. The van der Waals surface area contributed by atoms with Crippen LogP contribution in [-0.2, 0) is 0 Å². The van der Waals surface area contributed by atoms with Crippen LogP contribution < -0.4 is 0 Å². The third kappa shape index (κ3) is 2.42. The van der Waals surface area contributed by atoms with E-state index >= 15 is 0 Å². The van der Waals surface area contributed by atoms with Crippen molar-refractivity contribution in [1.29, 1.82) is 0 Å². The molecule has 0 aromatic carbocycles. The minimum Gasteiger partial charge on any atom is -0.446 e. The Bertz CT molecular complexity index is 308. The van der Waals surface area contributed by atoms with Crippen LogP contribution in [0, 0.1) is 18.8 Å². The van der Waals surface area contributed by atoms with Crippen molar-refractivity contribution in [2.75, 3.05) is 0 Å². The monoisotopic (exact) mass is 207 g/mol. The van der Waals surface area contributed by atoms with E-state index in [1.165, 1.54) is 25.7 Å². The van der Waals surface area contributed by atoms with Crippen LogP contribution >= 0.6 is 0 Å². The summed E-state index contributed by atoms with van der Waals surface area (Å²) in [6, 6.07) is 0. The molecule has 0 radical (unpaired) electrons. The highest BCUT2D eigenvalue weighted by Gasteiger charge is 2.26. The minimum atomic E-state index is 0.577. The first-order chi connectivity index (χ1) is 7.16. The molecule has 0 N–H and O–H groups in total. The number of aromatic nitrogens is 1. The molecule has 0 atom stereocenters. The molecule has 1 aliphatic carbocycles. The lowest BCUT2D eigenvalue weighted by atomic mass is 9.77. The smallest absolute Gasteiger partial charge is 0.197 e. The zero-order valence-electron chi connectivity index (χ0n) is 9.99. The topological polar surface area (TPSA) is 26.0 Å². The molecule has 1 heterocycles. The molecule has 2 nitrogen and oxygen atoms in total. The Hall–Kier alpha value is -0.790. The van der Waals surface area contributed by atoms with E-state index in [1.54, 1.807) is 0 Å². The molecule has 0 aliphatic heterocycles. The molecule has 0 saturated heterocycles. The van der Waals surface area contributed by atoms with Crippen molar-refractivity contribution in [1.82, 2.24) is 4.98 Å². The summed E-state index contributed by atoms with van der Waals surface area (Å²) in [7, 11) is 0. The highest BCUT2D eigenvalue weighted by atomic mass is 16.4. The van der Waals surface area contributed by atoms with Gasteiger partial charge >= 0.3 is 0 Å². The van der Waals surface area contributed by atoms with E-state index < -0.39 is 0 Å². The maximum absolute atomic E-state index is 5.61. The fourth-order valence-electron chi connectivity index (χ4n) is 2.59. The molecular weight excluding hydrogens is 186 g/mol. The van der Waals surface area contributed by atoms with Crippen molar-refractivity contribution >= 4 is 0 Å². The Balaban J connectivity index is 1.93. The highest BCUT2D eigenvalue weighted by Crippen LogP contribution is 2.38. The second kappa shape index (κ2) is 4.38. The average Bonchev–Trinajstić information content (AvgIpc) is 2.65. The summed E-state index contributed by atoms with van der Waals surface area (Å²) in [6.07, 6.45) is 7.02. The Morgan fingerprint density at radius 3 is 2.40 bits per heavy atom. The van der Waals surface area contributed by atoms with Crippen molar-refractivity contribution < 1.29 is 4.42 Å². The lowest BCUT2D eigenvalue weighted by molar-refractivity contribution is 0.240. The number of hydrogen-bond acceptors (Lipinski definition) is 2. The van der Waals surface area contributed by atoms with Crippen molar-refractivity contribution in [3.63, 3.8) is 0 Å². The van der Waals surface area contributed by atoms with Gasteiger partial charge in [0.1, 0.15) is 5.76 Å². The van der Waals surface area contributed by atoms with Gasteiger partial charge in [-0.05, 0) is 44.4 Å². The zero-order chi connectivity index (χ0) is 10.8. The minimum absolute atomic E-state index is 0.577. The van der Waals surface area contributed by atoms with Gasteiger partial charge in [-0.3, -0.25) is 0 Å². The summed E-state index contributed by atoms with van der Waals surface area (Å²) < 4.78 is 5.61. The summed E-state index contributed by atoms with van der Waals surface area (Å²) in [5.74, 6) is 4.23. The number of hydrogen-bond donors (Lipinski definition) is 0. The van der Waals surface area contributed by atoms with Gasteiger partial charge < -0.3 is 4.42 Å². The van der Waals surface area contributed by atoms with Gasteiger partial charge in [0.25, 0.3) is 0 Å². The maximum Gasteiger partial charge on any atom is 0.197 e. The predicted octanol–water partition coefficient (Wildman–Crippen LogP) is 3.91.